The van der Waals surface area contributed by atoms with Crippen molar-refractivity contribution in [3.63, 3.8) is 0 Å². The average molecular weight is 445 g/mol. The Morgan fingerprint density at radius 2 is 1.84 bits per heavy atom. The quantitative estimate of drug-likeness (QED) is 0.611. The van der Waals surface area contributed by atoms with Gasteiger partial charge in [-0.25, -0.2) is 22.7 Å². The minimum absolute atomic E-state index is 0.124. The number of ether oxygens (including phenoxy) is 1. The summed E-state index contributed by atoms with van der Waals surface area (Å²) < 4.78 is 31.5. The molecule has 2 aromatic heterocycles. The molecule has 0 spiro atoms. The number of sulfonamides is 1. The summed E-state index contributed by atoms with van der Waals surface area (Å²) >= 11 is 0. The molecule has 0 amide bonds. The van der Waals surface area contributed by atoms with E-state index in [0.717, 1.165) is 11.1 Å². The highest BCUT2D eigenvalue weighted by molar-refractivity contribution is 7.88. The lowest BCUT2D eigenvalue weighted by atomic mass is 10.0. The van der Waals surface area contributed by atoms with Crippen LogP contribution in [0.1, 0.15) is 18.9 Å². The van der Waals surface area contributed by atoms with Crippen molar-refractivity contribution in [2.24, 2.45) is 0 Å². The summed E-state index contributed by atoms with van der Waals surface area (Å²) in [4.78, 5) is 21.9. The van der Waals surface area contributed by atoms with E-state index in [2.05, 4.69) is 9.97 Å². The number of rotatable bonds is 4. The first-order valence-electron chi connectivity index (χ1n) is 9.76. The van der Waals surface area contributed by atoms with E-state index in [0.29, 0.717) is 48.4 Å². The normalized spacial score (nSPS) is 15.9. The zero-order chi connectivity index (χ0) is 22.3. The molecular formula is C20H24N6O4S. The molecule has 3 aromatic rings. The first-order valence-corrected chi connectivity index (χ1v) is 11.6. The standard InChI is InChI=1S/C20H24N6O4S/c1-30-18-16(21)10-13(11-23-18)12-3-4-17-15(9-12)19(27)26(20(22)24-17)14-5-7-25(8-6-14)31(2,28)29/h3-4,9-11,14H,5-8,21H2,1-2H3,(H2,22,24). The zero-order valence-electron chi connectivity index (χ0n) is 17.3. The van der Waals surface area contributed by atoms with Crippen LogP contribution in [0.5, 0.6) is 5.88 Å². The van der Waals surface area contributed by atoms with Gasteiger partial charge in [0, 0.05) is 30.9 Å². The van der Waals surface area contributed by atoms with Crippen LogP contribution in [0.3, 0.4) is 0 Å². The fourth-order valence-corrected chi connectivity index (χ4v) is 4.85. The number of nitrogens with zero attached hydrogens (tertiary/aromatic N) is 4. The third-order valence-corrected chi connectivity index (χ3v) is 6.89. The number of pyridine rings is 1. The summed E-state index contributed by atoms with van der Waals surface area (Å²) in [6.07, 6.45) is 3.79. The van der Waals surface area contributed by atoms with Gasteiger partial charge >= 0.3 is 0 Å². The molecule has 1 aliphatic rings. The van der Waals surface area contributed by atoms with E-state index < -0.39 is 10.0 Å². The van der Waals surface area contributed by atoms with Crippen molar-refractivity contribution in [1.82, 2.24) is 18.8 Å². The van der Waals surface area contributed by atoms with Gasteiger partial charge < -0.3 is 16.2 Å². The van der Waals surface area contributed by atoms with Crippen LogP contribution in [0, 0.1) is 0 Å². The monoisotopic (exact) mass is 444 g/mol. The van der Waals surface area contributed by atoms with Crippen LogP contribution in [-0.4, -0.2) is 53.7 Å². The zero-order valence-corrected chi connectivity index (χ0v) is 18.1. The third-order valence-electron chi connectivity index (χ3n) is 5.59. The molecule has 0 saturated carbocycles. The van der Waals surface area contributed by atoms with E-state index in [4.69, 9.17) is 16.2 Å². The molecule has 3 heterocycles. The predicted octanol–water partition coefficient (Wildman–Crippen LogP) is 1.23. The molecule has 4 rings (SSSR count). The van der Waals surface area contributed by atoms with Crippen LogP contribution in [0.15, 0.2) is 35.3 Å². The van der Waals surface area contributed by atoms with E-state index in [1.54, 1.807) is 24.4 Å². The van der Waals surface area contributed by atoms with Gasteiger partial charge in [-0.2, -0.15) is 0 Å². The molecule has 0 atom stereocenters. The van der Waals surface area contributed by atoms with Crippen LogP contribution in [0.25, 0.3) is 22.0 Å². The topological polar surface area (TPSA) is 146 Å². The highest BCUT2D eigenvalue weighted by Gasteiger charge is 2.28. The fraction of sp³-hybridized carbons (Fsp3) is 0.350. The number of methoxy groups -OCH3 is 1. The summed E-state index contributed by atoms with van der Waals surface area (Å²) in [5, 5.41) is 0.423. The van der Waals surface area contributed by atoms with Gasteiger partial charge in [-0.1, -0.05) is 6.07 Å². The Morgan fingerprint density at radius 3 is 2.45 bits per heavy atom. The lowest BCUT2D eigenvalue weighted by Gasteiger charge is -2.31. The van der Waals surface area contributed by atoms with Gasteiger partial charge in [0.2, 0.25) is 21.9 Å². The smallest absolute Gasteiger partial charge is 0.263 e. The van der Waals surface area contributed by atoms with Crippen LogP contribution >= 0.6 is 0 Å². The van der Waals surface area contributed by atoms with E-state index in [-0.39, 0.29) is 17.5 Å². The van der Waals surface area contributed by atoms with Gasteiger partial charge in [0.05, 0.1) is 30.0 Å². The molecular weight excluding hydrogens is 420 g/mol. The van der Waals surface area contributed by atoms with E-state index in [1.807, 2.05) is 6.07 Å². The van der Waals surface area contributed by atoms with Gasteiger partial charge in [0.15, 0.2) is 0 Å². The molecule has 0 aliphatic carbocycles. The highest BCUT2D eigenvalue weighted by Crippen LogP contribution is 2.29. The number of aromatic nitrogens is 3. The van der Waals surface area contributed by atoms with Gasteiger partial charge in [-0.3, -0.25) is 9.36 Å². The Hall–Kier alpha value is -3.18. The van der Waals surface area contributed by atoms with Crippen molar-refractivity contribution in [2.75, 3.05) is 37.9 Å². The summed E-state index contributed by atoms with van der Waals surface area (Å²) in [6, 6.07) is 6.82. The SMILES string of the molecule is COc1ncc(-c2ccc3nc(N)n(C4CCN(S(C)(=O)=O)CC4)c(=O)c3c2)cc1N. The number of hydrogen-bond donors (Lipinski definition) is 2. The van der Waals surface area contributed by atoms with Crippen molar-refractivity contribution in [1.29, 1.82) is 0 Å². The minimum Gasteiger partial charge on any atom is -0.480 e. The Labute approximate surface area is 179 Å². The van der Waals surface area contributed by atoms with Gasteiger partial charge in [-0.15, -0.1) is 0 Å². The Bertz CT molecular complexity index is 1310. The largest absolute Gasteiger partial charge is 0.480 e. The van der Waals surface area contributed by atoms with Crippen LogP contribution in [0.4, 0.5) is 11.6 Å². The van der Waals surface area contributed by atoms with Gasteiger partial charge in [0.25, 0.3) is 5.56 Å². The molecule has 10 nitrogen and oxygen atoms in total. The Kier molecular flexibility index (Phi) is 5.31. The molecule has 0 bridgehead atoms. The number of anilines is 2. The second-order valence-electron chi connectivity index (χ2n) is 7.59. The maximum Gasteiger partial charge on any atom is 0.263 e. The Morgan fingerprint density at radius 1 is 1.13 bits per heavy atom. The maximum atomic E-state index is 13.3. The highest BCUT2D eigenvalue weighted by atomic mass is 32.2. The number of benzene rings is 1. The maximum absolute atomic E-state index is 13.3. The molecule has 164 valence electrons. The number of nitrogens with two attached hydrogens (primary N) is 2. The second-order valence-corrected chi connectivity index (χ2v) is 9.58. The van der Waals surface area contributed by atoms with E-state index in [9.17, 15) is 13.2 Å². The third kappa shape index (κ3) is 3.93. The summed E-state index contributed by atoms with van der Waals surface area (Å²) in [5.74, 6) is 0.459. The number of fused-ring (bicyclic) bond motifs is 1. The fourth-order valence-electron chi connectivity index (χ4n) is 3.98. The first kappa shape index (κ1) is 21.1. The average Bonchev–Trinajstić information content (AvgIpc) is 2.73. The van der Waals surface area contributed by atoms with Crippen molar-refractivity contribution >= 4 is 32.6 Å². The lowest BCUT2D eigenvalue weighted by Crippen LogP contribution is -2.41. The number of nitrogen functional groups attached to an aromatic ring is 2. The second kappa shape index (κ2) is 7.82. The minimum atomic E-state index is -3.26. The molecule has 1 aromatic carbocycles. The van der Waals surface area contributed by atoms with Crippen LogP contribution < -0.4 is 21.8 Å². The van der Waals surface area contributed by atoms with Crippen LogP contribution in [-0.2, 0) is 10.0 Å². The Balaban J connectivity index is 1.74. The van der Waals surface area contributed by atoms with Crippen molar-refractivity contribution in [3.05, 3.63) is 40.8 Å². The molecule has 4 N–H and O–H groups in total. The number of piperidine rings is 1. The molecule has 11 heteroatoms. The van der Waals surface area contributed by atoms with Crippen molar-refractivity contribution in [2.45, 2.75) is 18.9 Å². The molecule has 0 radical (unpaired) electrons. The summed E-state index contributed by atoms with van der Waals surface area (Å²) in [6.45, 7) is 0.675. The molecule has 31 heavy (non-hydrogen) atoms. The molecule has 1 aliphatic heterocycles. The van der Waals surface area contributed by atoms with Crippen molar-refractivity contribution in [3.8, 4) is 17.0 Å². The number of hydrogen-bond acceptors (Lipinski definition) is 8. The molecule has 0 unspecified atom stereocenters. The first-order chi connectivity index (χ1) is 14.7. The van der Waals surface area contributed by atoms with Gasteiger partial charge in [-0.05, 0) is 36.6 Å². The predicted molar refractivity (Wildman–Crippen MR) is 119 cm³/mol. The van der Waals surface area contributed by atoms with E-state index >= 15 is 0 Å². The van der Waals surface area contributed by atoms with Gasteiger partial charge in [0.1, 0.15) is 0 Å². The summed E-state index contributed by atoms with van der Waals surface area (Å²) in [5.41, 5.74) is 14.2. The summed E-state index contributed by atoms with van der Waals surface area (Å²) in [7, 11) is -1.76. The lowest BCUT2D eigenvalue weighted by molar-refractivity contribution is 0.273. The van der Waals surface area contributed by atoms with Crippen LogP contribution in [0.2, 0.25) is 0 Å². The molecule has 1 saturated heterocycles. The van der Waals surface area contributed by atoms with Crippen molar-refractivity contribution < 1.29 is 13.2 Å². The molecule has 1 fully saturated rings. The van der Waals surface area contributed by atoms with E-state index in [1.165, 1.54) is 22.2 Å².